The molecule has 0 bridgehead atoms. The zero-order valence-corrected chi connectivity index (χ0v) is 11.1. The molecule has 2 heterocycles. The van der Waals surface area contributed by atoms with Gasteiger partial charge in [0.25, 0.3) is 0 Å². The van der Waals surface area contributed by atoms with Crippen molar-refractivity contribution in [2.45, 2.75) is 31.7 Å². The topological polar surface area (TPSA) is 38.7 Å². The van der Waals surface area contributed by atoms with Gasteiger partial charge in [0.15, 0.2) is 6.35 Å². The molecule has 104 valence electrons. The van der Waals surface area contributed by atoms with Gasteiger partial charge < -0.3 is 10.0 Å². The molecule has 0 aromatic heterocycles. The quantitative estimate of drug-likeness (QED) is 0.557. The first kappa shape index (κ1) is 13.9. The van der Waals surface area contributed by atoms with Crippen molar-refractivity contribution in [3.63, 3.8) is 0 Å². The summed E-state index contributed by atoms with van der Waals surface area (Å²) in [6, 6.07) is 0.334. The molecule has 1 saturated heterocycles. The zero-order chi connectivity index (χ0) is 13.0. The van der Waals surface area contributed by atoms with Gasteiger partial charge in [0.05, 0.1) is 0 Å². The Hall–Kier alpha value is -0.490. The van der Waals surface area contributed by atoms with Crippen LogP contribution < -0.4 is 5.32 Å². The Kier molecular flexibility index (Phi) is 5.12. The summed E-state index contributed by atoms with van der Waals surface area (Å²) in [6.45, 7) is 2.74. The van der Waals surface area contributed by atoms with Crippen LogP contribution in [-0.2, 0) is 0 Å². The van der Waals surface area contributed by atoms with Crippen LogP contribution in [0.3, 0.4) is 0 Å². The number of rotatable bonds is 5. The van der Waals surface area contributed by atoms with E-state index in [0.717, 1.165) is 38.9 Å². The fourth-order valence-corrected chi connectivity index (χ4v) is 2.87. The SMILES string of the molecule is CN1CC=C([C@@H]2CCCN2C(O)NCCF)CC1. The highest BCUT2D eigenvalue weighted by atomic mass is 19.1. The Morgan fingerprint density at radius 2 is 2.39 bits per heavy atom. The van der Waals surface area contributed by atoms with Crippen LogP contribution in [0, 0.1) is 0 Å². The third-order valence-corrected chi connectivity index (χ3v) is 3.91. The normalized spacial score (nSPS) is 28.4. The van der Waals surface area contributed by atoms with Crippen LogP contribution in [-0.4, -0.2) is 67.2 Å². The lowest BCUT2D eigenvalue weighted by Crippen LogP contribution is -2.49. The monoisotopic (exact) mass is 257 g/mol. The zero-order valence-electron chi connectivity index (χ0n) is 11.1. The average Bonchev–Trinajstić information content (AvgIpc) is 2.86. The summed E-state index contributed by atoms with van der Waals surface area (Å²) >= 11 is 0. The maximum Gasteiger partial charge on any atom is 0.163 e. The lowest BCUT2D eigenvalue weighted by Gasteiger charge is -2.34. The third-order valence-electron chi connectivity index (χ3n) is 3.91. The Balaban J connectivity index is 1.94. The number of nitrogens with zero attached hydrogens (tertiary/aromatic N) is 2. The van der Waals surface area contributed by atoms with E-state index in [9.17, 15) is 9.50 Å². The summed E-state index contributed by atoms with van der Waals surface area (Å²) in [5.74, 6) is 0. The number of likely N-dealkylation sites (N-methyl/N-ethyl adjacent to an activating group) is 1. The molecule has 18 heavy (non-hydrogen) atoms. The van der Waals surface area contributed by atoms with Crippen LogP contribution in [0.4, 0.5) is 4.39 Å². The van der Waals surface area contributed by atoms with Crippen molar-refractivity contribution in [2.24, 2.45) is 0 Å². The minimum atomic E-state index is -0.714. The van der Waals surface area contributed by atoms with Gasteiger partial charge in [-0.2, -0.15) is 0 Å². The smallest absolute Gasteiger partial charge is 0.163 e. The van der Waals surface area contributed by atoms with Gasteiger partial charge in [-0.25, -0.2) is 4.39 Å². The van der Waals surface area contributed by atoms with Crippen molar-refractivity contribution < 1.29 is 9.50 Å². The van der Waals surface area contributed by atoms with E-state index >= 15 is 0 Å². The van der Waals surface area contributed by atoms with Gasteiger partial charge >= 0.3 is 0 Å². The summed E-state index contributed by atoms with van der Waals surface area (Å²) in [4.78, 5) is 4.35. The average molecular weight is 257 g/mol. The Bertz CT molecular complexity index is 298. The predicted molar refractivity (Wildman–Crippen MR) is 69.9 cm³/mol. The van der Waals surface area contributed by atoms with Crippen LogP contribution in [0.5, 0.6) is 0 Å². The first-order valence-corrected chi connectivity index (χ1v) is 6.83. The number of aliphatic hydroxyl groups excluding tert-OH is 1. The van der Waals surface area contributed by atoms with Crippen molar-refractivity contribution in [3.8, 4) is 0 Å². The van der Waals surface area contributed by atoms with Gasteiger partial charge in [-0.05, 0) is 26.3 Å². The fraction of sp³-hybridized carbons (Fsp3) is 0.846. The van der Waals surface area contributed by atoms with Gasteiger partial charge in [-0.3, -0.25) is 10.2 Å². The molecule has 0 saturated carbocycles. The molecular weight excluding hydrogens is 233 g/mol. The van der Waals surface area contributed by atoms with E-state index in [0.29, 0.717) is 6.04 Å². The number of nitrogens with one attached hydrogen (secondary N) is 1. The second-order valence-corrected chi connectivity index (χ2v) is 5.20. The van der Waals surface area contributed by atoms with Crippen LogP contribution in [0.2, 0.25) is 0 Å². The summed E-state index contributed by atoms with van der Waals surface area (Å²) in [6.07, 6.45) is 4.85. The second kappa shape index (κ2) is 6.61. The van der Waals surface area contributed by atoms with Crippen molar-refractivity contribution in [1.82, 2.24) is 15.1 Å². The van der Waals surface area contributed by atoms with Gasteiger partial charge in [-0.15, -0.1) is 0 Å². The number of aliphatic hydroxyl groups is 1. The fourth-order valence-electron chi connectivity index (χ4n) is 2.87. The number of hydrogen-bond donors (Lipinski definition) is 2. The number of likely N-dealkylation sites (tertiary alicyclic amines) is 1. The van der Waals surface area contributed by atoms with Crippen molar-refractivity contribution >= 4 is 0 Å². The highest BCUT2D eigenvalue weighted by molar-refractivity contribution is 5.16. The van der Waals surface area contributed by atoms with Crippen molar-refractivity contribution in [1.29, 1.82) is 0 Å². The minimum absolute atomic E-state index is 0.214. The molecule has 0 spiro atoms. The van der Waals surface area contributed by atoms with Gasteiger partial charge in [0.2, 0.25) is 0 Å². The molecule has 5 heteroatoms. The Morgan fingerprint density at radius 1 is 1.56 bits per heavy atom. The van der Waals surface area contributed by atoms with E-state index in [4.69, 9.17) is 0 Å². The molecule has 2 aliphatic heterocycles. The molecule has 0 aromatic carbocycles. The molecule has 0 amide bonds. The predicted octanol–water partition coefficient (Wildman–Crippen LogP) is 0.548. The molecule has 2 atom stereocenters. The van der Waals surface area contributed by atoms with Crippen LogP contribution in [0.25, 0.3) is 0 Å². The molecule has 2 N–H and O–H groups in total. The van der Waals surface area contributed by atoms with Gasteiger partial charge in [0, 0.05) is 32.2 Å². The largest absolute Gasteiger partial charge is 0.365 e. The third kappa shape index (κ3) is 3.29. The minimum Gasteiger partial charge on any atom is -0.365 e. The maximum atomic E-state index is 12.1. The lowest BCUT2D eigenvalue weighted by molar-refractivity contribution is -0.0244. The molecule has 0 aromatic rings. The highest BCUT2D eigenvalue weighted by Gasteiger charge is 2.32. The first-order valence-electron chi connectivity index (χ1n) is 6.83. The summed E-state index contributed by atoms with van der Waals surface area (Å²) in [5, 5.41) is 12.9. The van der Waals surface area contributed by atoms with Crippen LogP contribution in [0.15, 0.2) is 11.6 Å². The maximum absolute atomic E-state index is 12.1. The van der Waals surface area contributed by atoms with E-state index in [1.165, 1.54) is 5.57 Å². The molecule has 0 radical (unpaired) electrons. The van der Waals surface area contributed by atoms with Crippen molar-refractivity contribution in [2.75, 3.05) is 39.9 Å². The molecule has 4 nitrogen and oxygen atoms in total. The van der Waals surface area contributed by atoms with E-state index < -0.39 is 13.0 Å². The van der Waals surface area contributed by atoms with Gasteiger partial charge in [0.1, 0.15) is 6.67 Å². The number of halogens is 1. The van der Waals surface area contributed by atoms with Crippen LogP contribution in [0.1, 0.15) is 19.3 Å². The van der Waals surface area contributed by atoms with Crippen LogP contribution >= 0.6 is 0 Å². The number of hydrogen-bond acceptors (Lipinski definition) is 4. The summed E-state index contributed by atoms with van der Waals surface area (Å²) in [5.41, 5.74) is 1.44. The molecule has 2 aliphatic rings. The van der Waals surface area contributed by atoms with E-state index in [-0.39, 0.29) is 6.54 Å². The molecule has 2 rings (SSSR count). The van der Waals surface area contributed by atoms with Gasteiger partial charge in [-0.1, -0.05) is 11.6 Å². The Labute approximate surface area is 108 Å². The summed E-state index contributed by atoms with van der Waals surface area (Å²) < 4.78 is 12.1. The molecule has 0 aliphatic carbocycles. The molecule has 1 unspecified atom stereocenters. The molecule has 1 fully saturated rings. The molecular formula is C13H24FN3O. The number of alkyl halides is 1. The van der Waals surface area contributed by atoms with E-state index in [1.54, 1.807) is 0 Å². The lowest BCUT2D eigenvalue weighted by atomic mass is 9.98. The van der Waals surface area contributed by atoms with E-state index in [2.05, 4.69) is 28.2 Å². The highest BCUT2D eigenvalue weighted by Crippen LogP contribution is 2.28. The Morgan fingerprint density at radius 3 is 3.06 bits per heavy atom. The standard InChI is InChI=1S/C13H24FN3O/c1-16-9-4-11(5-10-16)12-3-2-8-17(12)13(18)15-7-6-14/h4,12-13,15,18H,2-3,5-10H2,1H3/t12-,13?/m0/s1. The van der Waals surface area contributed by atoms with E-state index in [1.807, 2.05) is 0 Å². The second-order valence-electron chi connectivity index (χ2n) is 5.20. The first-order chi connectivity index (χ1) is 8.72. The van der Waals surface area contributed by atoms with Crippen molar-refractivity contribution in [3.05, 3.63) is 11.6 Å². The summed E-state index contributed by atoms with van der Waals surface area (Å²) in [7, 11) is 2.12.